The Balaban J connectivity index is 2.01. The van der Waals surface area contributed by atoms with Gasteiger partial charge in [0, 0.05) is 11.4 Å². The van der Waals surface area contributed by atoms with Crippen LogP contribution >= 0.6 is 11.6 Å². The molecule has 2 N–H and O–H groups in total. The molecule has 2 rings (SSSR count). The van der Waals surface area contributed by atoms with Crippen molar-refractivity contribution in [1.29, 1.82) is 0 Å². The van der Waals surface area contributed by atoms with Gasteiger partial charge < -0.3 is 0 Å². The van der Waals surface area contributed by atoms with E-state index in [1.165, 1.54) is 25.1 Å². The number of rotatable bonds is 1. The molecule has 0 spiro atoms. The largest absolute Gasteiger partial charge is 0.278 e. The molecule has 1 aliphatic heterocycles. The first kappa shape index (κ1) is 10.5. The van der Waals surface area contributed by atoms with E-state index in [1.54, 1.807) is 0 Å². The third-order valence-electron chi connectivity index (χ3n) is 2.58. The van der Waals surface area contributed by atoms with Gasteiger partial charge in [0.15, 0.2) is 0 Å². The molecule has 0 fully saturated rings. The van der Waals surface area contributed by atoms with Gasteiger partial charge in [-0.2, -0.15) is 0 Å². The summed E-state index contributed by atoms with van der Waals surface area (Å²) in [7, 11) is 0. The predicted molar refractivity (Wildman–Crippen MR) is 64.4 cm³/mol. The smallest absolute Gasteiger partial charge is 0.247 e. The predicted octanol–water partition coefficient (Wildman–Crippen LogP) is 1.80. The molecule has 0 amide bonds. The lowest BCUT2D eigenvalue weighted by atomic mass is 10.2. The Morgan fingerprint density at radius 2 is 1.87 bits per heavy atom. The summed E-state index contributed by atoms with van der Waals surface area (Å²) in [6.45, 7) is 1.08. The van der Waals surface area contributed by atoms with E-state index >= 15 is 0 Å². The van der Waals surface area contributed by atoms with E-state index in [9.17, 15) is 0 Å². The minimum Gasteiger partial charge on any atom is -0.278 e. The standard InChI is InChI=1S/C12H15ClN2/c13-10-5-7-11(8-6-10)15-12-4-2-1-3-9-14-12/h5-8H,1-4,9H2,(H,14,15)/p+1. The Bertz CT molecular complexity index is 343. The maximum atomic E-state index is 5.83. The fraction of sp³-hybridized carbons (Fsp3) is 0.417. The lowest BCUT2D eigenvalue weighted by Gasteiger charge is -2.00. The number of hydrogen-bond acceptors (Lipinski definition) is 1. The van der Waals surface area contributed by atoms with Crippen molar-refractivity contribution in [3.8, 4) is 0 Å². The molecule has 1 aliphatic rings. The van der Waals surface area contributed by atoms with Crippen LogP contribution in [0.3, 0.4) is 0 Å². The molecule has 0 aliphatic carbocycles. The number of halogens is 1. The highest BCUT2D eigenvalue weighted by molar-refractivity contribution is 6.30. The molecule has 0 unspecified atom stereocenters. The zero-order valence-electron chi connectivity index (χ0n) is 8.72. The van der Waals surface area contributed by atoms with Crippen LogP contribution in [0.5, 0.6) is 0 Å². The van der Waals surface area contributed by atoms with Crippen molar-refractivity contribution in [3.63, 3.8) is 0 Å². The van der Waals surface area contributed by atoms with Gasteiger partial charge in [-0.1, -0.05) is 11.6 Å². The zero-order chi connectivity index (χ0) is 10.5. The molecule has 0 saturated carbocycles. The minimum absolute atomic E-state index is 0.777. The molecule has 1 heterocycles. The number of anilines is 1. The second-order valence-electron chi connectivity index (χ2n) is 3.85. The summed E-state index contributed by atoms with van der Waals surface area (Å²) < 4.78 is 0. The molecule has 0 atom stereocenters. The third-order valence-corrected chi connectivity index (χ3v) is 2.83. The lowest BCUT2D eigenvalue weighted by molar-refractivity contribution is -0.457. The molecule has 0 aromatic heterocycles. The molecule has 3 heteroatoms. The first-order valence-electron chi connectivity index (χ1n) is 5.47. The summed E-state index contributed by atoms with van der Waals surface area (Å²) in [4.78, 5) is 3.42. The molecule has 0 radical (unpaired) electrons. The van der Waals surface area contributed by atoms with Crippen LogP contribution in [0, 0.1) is 0 Å². The first-order valence-corrected chi connectivity index (χ1v) is 5.85. The summed E-state index contributed by atoms with van der Waals surface area (Å²) in [5.41, 5.74) is 1.10. The maximum absolute atomic E-state index is 5.83. The highest BCUT2D eigenvalue weighted by Gasteiger charge is 2.10. The summed E-state index contributed by atoms with van der Waals surface area (Å²) in [5.74, 6) is 1.23. The molecule has 80 valence electrons. The van der Waals surface area contributed by atoms with Crippen LogP contribution in [-0.4, -0.2) is 12.4 Å². The van der Waals surface area contributed by atoms with Crippen LogP contribution in [0.15, 0.2) is 24.3 Å². The van der Waals surface area contributed by atoms with E-state index in [-0.39, 0.29) is 0 Å². The summed E-state index contributed by atoms with van der Waals surface area (Å²) >= 11 is 5.83. The number of hydrogen-bond donors (Lipinski definition) is 2. The lowest BCUT2D eigenvalue weighted by Crippen LogP contribution is -2.74. The van der Waals surface area contributed by atoms with Gasteiger partial charge >= 0.3 is 0 Å². The van der Waals surface area contributed by atoms with Gasteiger partial charge in [-0.15, -0.1) is 0 Å². The molecular weight excluding hydrogens is 208 g/mol. The first-order chi connectivity index (χ1) is 7.34. The van der Waals surface area contributed by atoms with Crippen molar-refractivity contribution in [2.75, 3.05) is 11.9 Å². The monoisotopic (exact) mass is 223 g/mol. The Kier molecular flexibility index (Phi) is 3.62. The molecule has 1 aromatic carbocycles. The van der Waals surface area contributed by atoms with Gasteiger partial charge in [0.05, 0.1) is 6.54 Å². The van der Waals surface area contributed by atoms with Gasteiger partial charge in [0.25, 0.3) is 0 Å². The molecule has 1 aromatic rings. The van der Waals surface area contributed by atoms with Crippen molar-refractivity contribution in [3.05, 3.63) is 29.3 Å². The van der Waals surface area contributed by atoms with Crippen LogP contribution in [-0.2, 0) is 0 Å². The van der Waals surface area contributed by atoms with Crippen LogP contribution in [0.4, 0.5) is 5.69 Å². The van der Waals surface area contributed by atoms with E-state index in [4.69, 9.17) is 11.6 Å². The summed E-state index contributed by atoms with van der Waals surface area (Å²) in [6.07, 6.45) is 4.97. The SMILES string of the molecule is Clc1ccc(NC2=[NH+]CCCCC2)cc1. The van der Waals surface area contributed by atoms with Crippen molar-refractivity contribution >= 4 is 23.1 Å². The van der Waals surface area contributed by atoms with Crippen LogP contribution in [0.1, 0.15) is 25.7 Å². The van der Waals surface area contributed by atoms with E-state index < -0.39 is 0 Å². The zero-order valence-corrected chi connectivity index (χ0v) is 9.48. The Labute approximate surface area is 95.4 Å². The quantitative estimate of drug-likeness (QED) is 0.746. The summed E-state index contributed by atoms with van der Waals surface area (Å²) in [6, 6.07) is 7.81. The van der Waals surface area contributed by atoms with E-state index in [0.29, 0.717) is 0 Å². The number of nitrogens with one attached hydrogen (secondary N) is 2. The number of amidine groups is 1. The van der Waals surface area contributed by atoms with Gasteiger partial charge in [-0.3, -0.25) is 4.99 Å². The van der Waals surface area contributed by atoms with Gasteiger partial charge in [0.1, 0.15) is 5.69 Å². The second-order valence-corrected chi connectivity index (χ2v) is 4.28. The van der Waals surface area contributed by atoms with E-state index in [0.717, 1.165) is 23.7 Å². The number of benzene rings is 1. The van der Waals surface area contributed by atoms with Crippen LogP contribution in [0.2, 0.25) is 5.02 Å². The Morgan fingerprint density at radius 3 is 2.67 bits per heavy atom. The highest BCUT2D eigenvalue weighted by atomic mass is 35.5. The molecule has 0 bridgehead atoms. The minimum atomic E-state index is 0.777. The Hall–Kier alpha value is -1.02. The van der Waals surface area contributed by atoms with E-state index in [1.807, 2.05) is 24.3 Å². The molecule has 15 heavy (non-hydrogen) atoms. The van der Waals surface area contributed by atoms with Gasteiger partial charge in [0.2, 0.25) is 5.84 Å². The maximum Gasteiger partial charge on any atom is 0.247 e. The fourth-order valence-electron chi connectivity index (χ4n) is 1.75. The Morgan fingerprint density at radius 1 is 1.07 bits per heavy atom. The van der Waals surface area contributed by atoms with Crippen molar-refractivity contribution < 1.29 is 4.99 Å². The topological polar surface area (TPSA) is 26.0 Å². The van der Waals surface area contributed by atoms with Crippen LogP contribution in [0.25, 0.3) is 0 Å². The molecule has 2 nitrogen and oxygen atoms in total. The third kappa shape index (κ3) is 3.24. The van der Waals surface area contributed by atoms with Crippen molar-refractivity contribution in [2.45, 2.75) is 25.7 Å². The second kappa shape index (κ2) is 5.17. The normalized spacial score (nSPS) is 16.7. The van der Waals surface area contributed by atoms with E-state index in [2.05, 4.69) is 10.3 Å². The van der Waals surface area contributed by atoms with Gasteiger partial charge in [-0.05, 0) is 43.5 Å². The average Bonchev–Trinajstić information content (AvgIpc) is 2.50. The van der Waals surface area contributed by atoms with Gasteiger partial charge in [-0.25, -0.2) is 5.32 Å². The highest BCUT2D eigenvalue weighted by Crippen LogP contribution is 2.13. The summed E-state index contributed by atoms with van der Waals surface area (Å²) in [5, 5.41) is 4.17. The molecular formula is C12H16ClN2+. The fourth-order valence-corrected chi connectivity index (χ4v) is 1.87. The molecule has 0 saturated heterocycles. The van der Waals surface area contributed by atoms with Crippen molar-refractivity contribution in [1.82, 2.24) is 0 Å². The average molecular weight is 224 g/mol. The van der Waals surface area contributed by atoms with Crippen LogP contribution < -0.4 is 10.3 Å². The van der Waals surface area contributed by atoms with Crippen molar-refractivity contribution in [2.24, 2.45) is 0 Å².